The van der Waals surface area contributed by atoms with E-state index in [1.54, 1.807) is 40.9 Å². The van der Waals surface area contributed by atoms with E-state index >= 15 is 0 Å². The lowest BCUT2D eigenvalue weighted by molar-refractivity contribution is 0.789. The number of nitrogens with one attached hydrogen (secondary N) is 1. The summed E-state index contributed by atoms with van der Waals surface area (Å²) in [6.07, 6.45) is 0. The van der Waals surface area contributed by atoms with Gasteiger partial charge in [-0.1, -0.05) is 34.4 Å². The van der Waals surface area contributed by atoms with Crippen LogP contribution in [-0.2, 0) is 13.1 Å². The molecule has 0 aliphatic carbocycles. The molecule has 0 fully saturated rings. The monoisotopic (exact) mass is 468 g/mol. The predicted molar refractivity (Wildman–Crippen MR) is 118 cm³/mol. The van der Waals surface area contributed by atoms with Gasteiger partial charge in [-0.05, 0) is 36.4 Å². The first-order valence-electron chi connectivity index (χ1n) is 8.45. The van der Waals surface area contributed by atoms with Crippen LogP contribution in [0.2, 0.25) is 10.0 Å². The van der Waals surface area contributed by atoms with E-state index < -0.39 is 0 Å². The average molecular weight is 469 g/mol. The second-order valence-electron chi connectivity index (χ2n) is 5.77. The van der Waals surface area contributed by atoms with Gasteiger partial charge in [0, 0.05) is 16.3 Å². The van der Waals surface area contributed by atoms with Crippen LogP contribution in [0.4, 0.5) is 5.95 Å². The summed E-state index contributed by atoms with van der Waals surface area (Å²) in [6.45, 7) is 5.15. The fraction of sp³-hybridized carbons (Fsp3) is 0.235. The number of thiazole rings is 2. The molecular weight excluding hydrogens is 451 g/mol. The maximum Gasteiger partial charge on any atom is 0.248 e. The largest absolute Gasteiger partial charge is 0.348 e. The number of nitrogens with zero attached hydrogens (tertiary/aromatic N) is 6. The number of aromatic nitrogens is 6. The number of anilines is 1. The molecule has 0 radical (unpaired) electrons. The van der Waals surface area contributed by atoms with Crippen molar-refractivity contribution in [1.82, 2.24) is 30.2 Å². The molecule has 0 unspecified atom stereocenters. The van der Waals surface area contributed by atoms with E-state index in [1.165, 1.54) is 9.56 Å². The van der Waals surface area contributed by atoms with E-state index in [2.05, 4.69) is 30.8 Å². The van der Waals surface area contributed by atoms with Crippen molar-refractivity contribution >= 4 is 51.8 Å². The van der Waals surface area contributed by atoms with E-state index in [-0.39, 0.29) is 0 Å². The van der Waals surface area contributed by atoms with Crippen LogP contribution in [0.15, 0.2) is 29.2 Å². The maximum absolute atomic E-state index is 6.20. The molecule has 0 atom stereocenters. The van der Waals surface area contributed by atoms with Crippen molar-refractivity contribution in [3.05, 3.63) is 60.4 Å². The van der Waals surface area contributed by atoms with E-state index in [0.29, 0.717) is 34.8 Å². The minimum absolute atomic E-state index is 0.406. The van der Waals surface area contributed by atoms with E-state index in [9.17, 15) is 0 Å². The molecule has 4 aromatic rings. The Morgan fingerprint density at radius 1 is 1.07 bits per heavy atom. The molecule has 0 aliphatic heterocycles. The van der Waals surface area contributed by atoms with Crippen molar-refractivity contribution in [2.75, 3.05) is 5.32 Å². The average Bonchev–Trinajstić information content (AvgIpc) is 3.44. The van der Waals surface area contributed by atoms with Crippen LogP contribution in [0, 0.1) is 13.8 Å². The summed E-state index contributed by atoms with van der Waals surface area (Å²) in [6, 6.07) is 5.31. The molecule has 3 N–H and O–H groups in total. The second-order valence-corrected chi connectivity index (χ2v) is 8.43. The molecule has 12 heteroatoms. The van der Waals surface area contributed by atoms with Gasteiger partial charge < -0.3 is 11.1 Å². The Hall–Kier alpha value is -2.11. The summed E-state index contributed by atoms with van der Waals surface area (Å²) in [5.41, 5.74) is 11.7. The fourth-order valence-corrected chi connectivity index (χ4v) is 4.04. The maximum atomic E-state index is 6.20. The zero-order chi connectivity index (χ0) is 20.8. The topological polar surface area (TPSA) is 107 Å². The first-order valence-corrected chi connectivity index (χ1v) is 11.0. The van der Waals surface area contributed by atoms with Gasteiger partial charge in [0.2, 0.25) is 5.95 Å². The lowest BCUT2D eigenvalue weighted by atomic mass is 10.3. The molecule has 0 saturated heterocycles. The van der Waals surface area contributed by atoms with Crippen molar-refractivity contribution < 1.29 is 0 Å². The van der Waals surface area contributed by atoms with Gasteiger partial charge in [-0.25, -0.2) is 9.97 Å². The highest BCUT2D eigenvalue weighted by Crippen LogP contribution is 2.29. The number of aryl methyl sites for hydroxylation is 2. The molecular formula is C17H18Cl2N8S2. The van der Waals surface area contributed by atoms with Crippen molar-refractivity contribution in [2.24, 2.45) is 5.73 Å². The molecule has 1 aromatic carbocycles. The van der Waals surface area contributed by atoms with Crippen molar-refractivity contribution in [3.8, 4) is 5.69 Å². The SMILES string of the molecule is Cc1ncsc1CN.Cc1ncsc1CNc1nnnn1-c1cccc(Cl)c1Cl. The fourth-order valence-electron chi connectivity index (χ4n) is 2.29. The van der Waals surface area contributed by atoms with Gasteiger partial charge in [0.25, 0.3) is 0 Å². The smallest absolute Gasteiger partial charge is 0.248 e. The Kier molecular flexibility index (Phi) is 7.51. The van der Waals surface area contributed by atoms with Gasteiger partial charge in [-0.15, -0.1) is 22.7 Å². The van der Waals surface area contributed by atoms with Crippen molar-refractivity contribution in [2.45, 2.75) is 26.9 Å². The number of benzene rings is 1. The van der Waals surface area contributed by atoms with Crippen molar-refractivity contribution in [1.29, 1.82) is 0 Å². The molecule has 0 aliphatic rings. The number of nitrogens with two attached hydrogens (primary N) is 1. The number of tetrazole rings is 1. The lowest BCUT2D eigenvalue weighted by Crippen LogP contribution is -2.07. The third-order valence-corrected chi connectivity index (χ3v) is 6.61. The quantitative estimate of drug-likeness (QED) is 0.450. The Morgan fingerprint density at radius 2 is 1.76 bits per heavy atom. The Labute approximate surface area is 185 Å². The number of rotatable bonds is 5. The van der Waals surface area contributed by atoms with E-state index in [0.717, 1.165) is 16.3 Å². The summed E-state index contributed by atoms with van der Waals surface area (Å²) in [5.74, 6) is 0.493. The third kappa shape index (κ3) is 5.28. The highest BCUT2D eigenvalue weighted by Gasteiger charge is 2.13. The molecule has 29 heavy (non-hydrogen) atoms. The molecule has 0 amide bonds. The first kappa shape index (κ1) is 21.6. The normalized spacial score (nSPS) is 10.5. The molecule has 0 bridgehead atoms. The summed E-state index contributed by atoms with van der Waals surface area (Å²) < 4.78 is 1.52. The second kappa shape index (κ2) is 10.1. The minimum Gasteiger partial charge on any atom is -0.348 e. The van der Waals surface area contributed by atoms with Gasteiger partial charge in [0.1, 0.15) is 0 Å². The van der Waals surface area contributed by atoms with Gasteiger partial charge >= 0.3 is 0 Å². The summed E-state index contributed by atoms with van der Waals surface area (Å²) in [7, 11) is 0. The lowest BCUT2D eigenvalue weighted by Gasteiger charge is -2.08. The molecule has 152 valence electrons. The Morgan fingerprint density at radius 3 is 2.34 bits per heavy atom. The van der Waals surface area contributed by atoms with Crippen LogP contribution < -0.4 is 11.1 Å². The summed E-state index contributed by atoms with van der Waals surface area (Å²) >= 11 is 15.4. The van der Waals surface area contributed by atoms with Crippen LogP contribution in [0.3, 0.4) is 0 Å². The van der Waals surface area contributed by atoms with Crippen LogP contribution in [0.1, 0.15) is 21.1 Å². The van der Waals surface area contributed by atoms with E-state index in [1.807, 2.05) is 24.9 Å². The molecule has 0 saturated carbocycles. The zero-order valence-electron chi connectivity index (χ0n) is 15.6. The molecule has 3 heterocycles. The first-order chi connectivity index (χ1) is 14.0. The highest BCUT2D eigenvalue weighted by molar-refractivity contribution is 7.10. The van der Waals surface area contributed by atoms with Crippen LogP contribution >= 0.6 is 45.9 Å². The molecule has 0 spiro atoms. The minimum atomic E-state index is 0.406. The number of hydrogen-bond acceptors (Lipinski definition) is 9. The number of hydrogen-bond donors (Lipinski definition) is 2. The van der Waals surface area contributed by atoms with Crippen molar-refractivity contribution in [3.63, 3.8) is 0 Å². The third-order valence-electron chi connectivity index (χ3n) is 3.91. The van der Waals surface area contributed by atoms with Crippen LogP contribution in [0.5, 0.6) is 0 Å². The molecule has 8 nitrogen and oxygen atoms in total. The molecule has 4 rings (SSSR count). The Bertz CT molecular complexity index is 1080. The highest BCUT2D eigenvalue weighted by atomic mass is 35.5. The predicted octanol–water partition coefficient (Wildman–Crippen LogP) is 4.26. The zero-order valence-corrected chi connectivity index (χ0v) is 18.8. The summed E-state index contributed by atoms with van der Waals surface area (Å²) in [5, 5.41) is 15.6. The van der Waals surface area contributed by atoms with Crippen LogP contribution in [-0.4, -0.2) is 30.2 Å². The standard InChI is InChI=1S/C12H10Cl2N6S.C5H8N2S/c1-7-10(21-6-16-7)5-15-12-17-18-19-20(12)9-4-2-3-8(13)11(9)14;1-4-5(2-6)8-3-7-4/h2-4,6H,5H2,1H3,(H,15,17,19);3H,2,6H2,1H3. The van der Waals surface area contributed by atoms with E-state index in [4.69, 9.17) is 28.9 Å². The van der Waals surface area contributed by atoms with Gasteiger partial charge in [-0.3, -0.25) is 0 Å². The van der Waals surface area contributed by atoms with Crippen LogP contribution in [0.25, 0.3) is 5.69 Å². The molecule has 3 aromatic heterocycles. The van der Waals surface area contributed by atoms with Gasteiger partial charge in [0.15, 0.2) is 0 Å². The summed E-state index contributed by atoms with van der Waals surface area (Å²) in [4.78, 5) is 10.5. The van der Waals surface area contributed by atoms with Gasteiger partial charge in [0.05, 0.1) is 44.7 Å². The number of halogens is 2. The Balaban J connectivity index is 0.000000252. The van der Waals surface area contributed by atoms with Gasteiger partial charge in [-0.2, -0.15) is 4.68 Å².